The first kappa shape index (κ1) is 13.0. The molecule has 0 bridgehead atoms. The maximum atomic E-state index is 10.5. The third kappa shape index (κ3) is 2.53. The number of hydrogen-bond acceptors (Lipinski definition) is 4. The molecule has 0 spiro atoms. The fraction of sp³-hybridized carbons (Fsp3) is 0.357. The van der Waals surface area contributed by atoms with Crippen LogP contribution in [0.25, 0.3) is 0 Å². The Bertz CT molecular complexity index is 595. The third-order valence-electron chi connectivity index (χ3n) is 3.37. The summed E-state index contributed by atoms with van der Waals surface area (Å²) >= 11 is 7.87. The lowest BCUT2D eigenvalue weighted by molar-refractivity contribution is 0.217. The molecule has 2 aromatic rings. The molecule has 100 valence electrons. The molecular formula is C14H14ClNO2S. The van der Waals surface area contributed by atoms with Gasteiger partial charge in [-0.2, -0.15) is 0 Å². The standard InChI is InChI=1S/C14H14ClNO2S/c1-19-9-4-5-10(12(15)6-9)13(17)11-7-16-18-14(11)8-2-3-8/h4-8,13,17H,2-3H2,1H3. The average Bonchev–Trinajstić information content (AvgIpc) is 3.15. The SMILES string of the molecule is CSc1ccc(C(O)c2cnoc2C2CC2)c(Cl)c1. The van der Waals surface area contributed by atoms with Crippen LogP contribution in [0.3, 0.4) is 0 Å². The van der Waals surface area contributed by atoms with Crippen molar-refractivity contribution in [2.75, 3.05) is 6.26 Å². The van der Waals surface area contributed by atoms with Crippen molar-refractivity contribution in [2.24, 2.45) is 0 Å². The van der Waals surface area contributed by atoms with Crippen LogP contribution in [0.4, 0.5) is 0 Å². The van der Waals surface area contributed by atoms with E-state index in [1.165, 1.54) is 0 Å². The van der Waals surface area contributed by atoms with Crippen LogP contribution in [0.2, 0.25) is 5.02 Å². The smallest absolute Gasteiger partial charge is 0.145 e. The van der Waals surface area contributed by atoms with Gasteiger partial charge in [0.1, 0.15) is 11.9 Å². The summed E-state index contributed by atoms with van der Waals surface area (Å²) in [5.74, 6) is 1.22. The molecule has 3 rings (SSSR count). The second-order valence-corrected chi connectivity index (χ2v) is 6.00. The van der Waals surface area contributed by atoms with Crippen molar-refractivity contribution in [3.05, 3.63) is 46.3 Å². The molecule has 1 N–H and O–H groups in total. The van der Waals surface area contributed by atoms with E-state index in [-0.39, 0.29) is 0 Å². The van der Waals surface area contributed by atoms with Gasteiger partial charge in [0.25, 0.3) is 0 Å². The minimum atomic E-state index is -0.773. The minimum absolute atomic E-state index is 0.413. The predicted octanol–water partition coefficient (Wildman–Crippen LogP) is 4.01. The van der Waals surface area contributed by atoms with Gasteiger partial charge in [-0.1, -0.05) is 22.8 Å². The summed E-state index contributed by atoms with van der Waals surface area (Å²) in [6.07, 6.45) is 5.02. The number of rotatable bonds is 4. The van der Waals surface area contributed by atoms with Gasteiger partial charge >= 0.3 is 0 Å². The van der Waals surface area contributed by atoms with Gasteiger partial charge in [0, 0.05) is 27.0 Å². The van der Waals surface area contributed by atoms with Gasteiger partial charge in [-0.05, 0) is 31.2 Å². The van der Waals surface area contributed by atoms with Crippen molar-refractivity contribution in [3.63, 3.8) is 0 Å². The van der Waals surface area contributed by atoms with Gasteiger partial charge in [-0.3, -0.25) is 0 Å². The molecule has 1 aliphatic carbocycles. The van der Waals surface area contributed by atoms with Crippen molar-refractivity contribution in [1.82, 2.24) is 5.16 Å². The van der Waals surface area contributed by atoms with Crippen LogP contribution in [0.1, 0.15) is 41.8 Å². The van der Waals surface area contributed by atoms with Crippen LogP contribution in [0.15, 0.2) is 33.8 Å². The Morgan fingerprint density at radius 3 is 2.84 bits per heavy atom. The number of benzene rings is 1. The molecule has 1 aromatic carbocycles. The lowest BCUT2D eigenvalue weighted by atomic mass is 10.0. The average molecular weight is 296 g/mol. The Morgan fingerprint density at radius 2 is 2.21 bits per heavy atom. The quantitative estimate of drug-likeness (QED) is 0.866. The maximum Gasteiger partial charge on any atom is 0.145 e. The van der Waals surface area contributed by atoms with Crippen LogP contribution >= 0.6 is 23.4 Å². The number of aliphatic hydroxyl groups excluding tert-OH is 1. The van der Waals surface area contributed by atoms with Gasteiger partial charge in [0.2, 0.25) is 0 Å². The molecule has 1 unspecified atom stereocenters. The van der Waals surface area contributed by atoms with E-state index < -0.39 is 6.10 Å². The zero-order valence-corrected chi connectivity index (χ0v) is 12.0. The second-order valence-electron chi connectivity index (χ2n) is 4.71. The Labute approximate surface area is 120 Å². The van der Waals surface area contributed by atoms with E-state index in [1.54, 1.807) is 18.0 Å². The fourth-order valence-corrected chi connectivity index (χ4v) is 2.93. The monoisotopic (exact) mass is 295 g/mol. The summed E-state index contributed by atoms with van der Waals surface area (Å²) in [6, 6.07) is 5.69. The van der Waals surface area contributed by atoms with Crippen LogP contribution in [0.5, 0.6) is 0 Å². The molecule has 19 heavy (non-hydrogen) atoms. The van der Waals surface area contributed by atoms with Crippen molar-refractivity contribution in [2.45, 2.75) is 29.8 Å². The zero-order valence-electron chi connectivity index (χ0n) is 10.5. The summed E-state index contributed by atoms with van der Waals surface area (Å²) in [4.78, 5) is 1.08. The van der Waals surface area contributed by atoms with Gasteiger partial charge in [-0.15, -0.1) is 11.8 Å². The van der Waals surface area contributed by atoms with E-state index in [2.05, 4.69) is 5.16 Å². The van der Waals surface area contributed by atoms with Crippen molar-refractivity contribution in [3.8, 4) is 0 Å². The maximum absolute atomic E-state index is 10.5. The van der Waals surface area contributed by atoms with E-state index in [4.69, 9.17) is 16.1 Å². The lowest BCUT2D eigenvalue weighted by Crippen LogP contribution is -2.02. The normalized spacial score (nSPS) is 16.6. The first-order valence-electron chi connectivity index (χ1n) is 6.16. The molecule has 1 atom stereocenters. The van der Waals surface area contributed by atoms with E-state index in [0.29, 0.717) is 16.5 Å². The van der Waals surface area contributed by atoms with Crippen molar-refractivity contribution in [1.29, 1.82) is 0 Å². The fourth-order valence-electron chi connectivity index (χ4n) is 2.14. The molecule has 1 aromatic heterocycles. The van der Waals surface area contributed by atoms with Crippen LogP contribution in [-0.4, -0.2) is 16.5 Å². The van der Waals surface area contributed by atoms with Gasteiger partial charge in [-0.25, -0.2) is 0 Å². The van der Waals surface area contributed by atoms with Crippen molar-refractivity contribution < 1.29 is 9.63 Å². The molecule has 0 radical (unpaired) electrons. The lowest BCUT2D eigenvalue weighted by Gasteiger charge is -2.13. The highest BCUT2D eigenvalue weighted by Gasteiger charge is 2.33. The molecular weight excluding hydrogens is 282 g/mol. The Balaban J connectivity index is 1.94. The van der Waals surface area contributed by atoms with Crippen LogP contribution in [-0.2, 0) is 0 Å². The highest BCUT2D eigenvalue weighted by Crippen LogP contribution is 2.44. The molecule has 1 saturated carbocycles. The first-order chi connectivity index (χ1) is 9.20. The molecule has 1 heterocycles. The molecule has 5 heteroatoms. The van der Waals surface area contributed by atoms with E-state index in [0.717, 1.165) is 29.1 Å². The molecule has 0 amide bonds. The van der Waals surface area contributed by atoms with E-state index >= 15 is 0 Å². The van der Waals surface area contributed by atoms with Crippen molar-refractivity contribution >= 4 is 23.4 Å². The predicted molar refractivity (Wildman–Crippen MR) is 75.8 cm³/mol. The highest BCUT2D eigenvalue weighted by atomic mass is 35.5. The molecule has 1 aliphatic rings. The largest absolute Gasteiger partial charge is 0.383 e. The number of hydrogen-bond donors (Lipinski definition) is 1. The zero-order chi connectivity index (χ0) is 13.4. The topological polar surface area (TPSA) is 46.3 Å². The Kier molecular flexibility index (Phi) is 3.56. The number of halogens is 1. The summed E-state index contributed by atoms with van der Waals surface area (Å²) < 4.78 is 5.26. The third-order valence-corrected chi connectivity index (χ3v) is 4.42. The summed E-state index contributed by atoms with van der Waals surface area (Å²) in [7, 11) is 0. The van der Waals surface area contributed by atoms with Crippen LogP contribution < -0.4 is 0 Å². The number of aromatic nitrogens is 1. The summed E-state index contributed by atoms with van der Waals surface area (Å²) in [5.41, 5.74) is 1.44. The number of thioether (sulfide) groups is 1. The number of nitrogens with zero attached hydrogens (tertiary/aromatic N) is 1. The minimum Gasteiger partial charge on any atom is -0.383 e. The summed E-state index contributed by atoms with van der Waals surface area (Å²) in [6.45, 7) is 0. The highest BCUT2D eigenvalue weighted by molar-refractivity contribution is 7.98. The molecule has 1 fully saturated rings. The molecule has 3 nitrogen and oxygen atoms in total. The van der Waals surface area contributed by atoms with Crippen LogP contribution in [0, 0.1) is 0 Å². The summed E-state index contributed by atoms with van der Waals surface area (Å²) in [5, 5.41) is 14.9. The van der Waals surface area contributed by atoms with E-state index in [9.17, 15) is 5.11 Å². The Morgan fingerprint density at radius 1 is 1.42 bits per heavy atom. The number of aliphatic hydroxyl groups is 1. The van der Waals surface area contributed by atoms with E-state index in [1.807, 2.05) is 24.5 Å². The molecule has 0 aliphatic heterocycles. The van der Waals surface area contributed by atoms with Gasteiger partial charge < -0.3 is 9.63 Å². The first-order valence-corrected chi connectivity index (χ1v) is 7.77. The molecule has 0 saturated heterocycles. The van der Waals surface area contributed by atoms with Gasteiger partial charge in [0.15, 0.2) is 0 Å². The Hall–Kier alpha value is -0.970. The van der Waals surface area contributed by atoms with Gasteiger partial charge in [0.05, 0.1) is 6.20 Å². The second kappa shape index (κ2) is 5.19.